The van der Waals surface area contributed by atoms with E-state index in [-0.39, 0.29) is 6.61 Å². The van der Waals surface area contributed by atoms with Gasteiger partial charge in [-0.1, -0.05) is 42.6 Å². The molecule has 0 spiro atoms. The number of rotatable bonds is 12. The number of benzene rings is 2. The molecule has 0 heterocycles. The molecule has 28 heavy (non-hydrogen) atoms. The van der Waals surface area contributed by atoms with E-state index in [4.69, 9.17) is 14.7 Å². The quantitative estimate of drug-likeness (QED) is 0.176. The smallest absolute Gasteiger partial charge is 0.415 e. The van der Waals surface area contributed by atoms with Crippen molar-refractivity contribution in [3.8, 4) is 11.5 Å². The normalized spacial score (nSPS) is 11.4. The largest absolute Gasteiger partial charge is 0.493 e. The molecule has 0 unspecified atom stereocenters. The first-order valence-electron chi connectivity index (χ1n) is 8.48. The predicted molar refractivity (Wildman–Crippen MR) is 98.1 cm³/mol. The molecule has 0 bridgehead atoms. The molecule has 1 N–H and O–H groups in total. The molecule has 0 fully saturated rings. The molecule has 0 aromatic heterocycles. The van der Waals surface area contributed by atoms with Crippen LogP contribution in [0.5, 0.6) is 11.5 Å². The monoisotopic (exact) mass is 418 g/mol. The van der Waals surface area contributed by atoms with E-state index in [1.807, 2.05) is 24.3 Å². The van der Waals surface area contributed by atoms with Gasteiger partial charge < -0.3 is 14.2 Å². The standard InChI is InChI=1S/C18H20F2O7S/c1-2-3-10-23-15-8-4-7-14-13(15)6-5-9-16(14)24-11-12-25-17(21)18(19,20)28-27-26-22/h4-9,22H,2-3,10-12H2,1H3. The second kappa shape index (κ2) is 11.0. The van der Waals surface area contributed by atoms with Gasteiger partial charge in [0.2, 0.25) is 0 Å². The predicted octanol–water partition coefficient (Wildman–Crippen LogP) is 4.60. The number of fused-ring (bicyclic) bond motifs is 1. The van der Waals surface area contributed by atoms with E-state index in [9.17, 15) is 13.6 Å². The Bertz CT molecular complexity index is 773. The van der Waals surface area contributed by atoms with E-state index < -0.39 is 29.9 Å². The van der Waals surface area contributed by atoms with Crippen molar-refractivity contribution in [2.75, 3.05) is 19.8 Å². The van der Waals surface area contributed by atoms with Gasteiger partial charge in [0.25, 0.3) is 0 Å². The van der Waals surface area contributed by atoms with Gasteiger partial charge in [-0.3, -0.25) is 0 Å². The maximum Gasteiger partial charge on any atom is 0.415 e. The highest BCUT2D eigenvalue weighted by Gasteiger charge is 2.44. The van der Waals surface area contributed by atoms with Gasteiger partial charge in [-0.25, -0.2) is 10.1 Å². The minimum Gasteiger partial charge on any atom is -0.493 e. The molecule has 0 aliphatic rings. The highest BCUT2D eigenvalue weighted by molar-refractivity contribution is 7.96. The lowest BCUT2D eigenvalue weighted by atomic mass is 10.1. The summed E-state index contributed by atoms with van der Waals surface area (Å²) in [7, 11) is 0. The third-order valence-corrected chi connectivity index (χ3v) is 4.08. The van der Waals surface area contributed by atoms with Crippen LogP contribution in [0.3, 0.4) is 0 Å². The Morgan fingerprint density at radius 1 is 1.04 bits per heavy atom. The Morgan fingerprint density at radius 3 is 2.21 bits per heavy atom. The maximum absolute atomic E-state index is 13.3. The molecule has 154 valence electrons. The highest BCUT2D eigenvalue weighted by Crippen LogP contribution is 2.33. The lowest BCUT2D eigenvalue weighted by molar-refractivity contribution is -0.433. The fourth-order valence-corrected chi connectivity index (χ4v) is 2.54. The Balaban J connectivity index is 1.94. The van der Waals surface area contributed by atoms with Gasteiger partial charge in [0.1, 0.15) is 36.8 Å². The van der Waals surface area contributed by atoms with Crippen LogP contribution in [0, 0.1) is 0 Å². The molecule has 2 rings (SSSR count). The number of carbonyl (C=O) groups is 1. The maximum atomic E-state index is 13.3. The van der Waals surface area contributed by atoms with E-state index in [1.165, 1.54) is 0 Å². The molecule has 0 saturated heterocycles. The Hall–Kier alpha value is -2.14. The number of halogens is 2. The van der Waals surface area contributed by atoms with Crippen LogP contribution in [0.25, 0.3) is 10.8 Å². The van der Waals surface area contributed by atoms with Crippen LogP contribution in [-0.2, 0) is 18.9 Å². The second-order valence-electron chi connectivity index (χ2n) is 5.54. The number of alkyl halides is 2. The van der Waals surface area contributed by atoms with Crippen molar-refractivity contribution in [3.63, 3.8) is 0 Å². The molecular formula is C18H20F2O7S. The van der Waals surface area contributed by atoms with Crippen LogP contribution >= 0.6 is 12.0 Å². The van der Waals surface area contributed by atoms with Gasteiger partial charge in [-0.2, -0.15) is 8.78 Å². The number of hydrogen-bond acceptors (Lipinski definition) is 8. The van der Waals surface area contributed by atoms with Gasteiger partial charge in [0.15, 0.2) is 0 Å². The van der Waals surface area contributed by atoms with Crippen LogP contribution in [0.15, 0.2) is 36.4 Å². The summed E-state index contributed by atoms with van der Waals surface area (Å²) in [5.41, 5.74) is 0. The molecule has 0 aliphatic carbocycles. The number of carbonyl (C=O) groups excluding carboxylic acids is 1. The topological polar surface area (TPSA) is 83.5 Å². The summed E-state index contributed by atoms with van der Waals surface area (Å²) in [6.45, 7) is 2.14. The summed E-state index contributed by atoms with van der Waals surface area (Å²) in [6, 6.07) is 10.9. The van der Waals surface area contributed by atoms with Gasteiger partial charge in [0, 0.05) is 10.8 Å². The zero-order valence-corrected chi connectivity index (χ0v) is 15.9. The second-order valence-corrected chi connectivity index (χ2v) is 6.35. The summed E-state index contributed by atoms with van der Waals surface area (Å²) >= 11 is -0.682. The Labute approximate surface area is 164 Å². The van der Waals surface area contributed by atoms with E-state index in [0.29, 0.717) is 12.4 Å². The van der Waals surface area contributed by atoms with Gasteiger partial charge >= 0.3 is 11.2 Å². The highest BCUT2D eigenvalue weighted by atomic mass is 32.2. The number of unbranched alkanes of at least 4 members (excludes halogenated alkanes) is 1. The molecule has 0 saturated carbocycles. The average Bonchev–Trinajstić information content (AvgIpc) is 2.70. The van der Waals surface area contributed by atoms with Crippen LogP contribution in [0.2, 0.25) is 0 Å². The summed E-state index contributed by atoms with van der Waals surface area (Å²) < 4.78 is 45.9. The van der Waals surface area contributed by atoms with E-state index >= 15 is 0 Å². The molecule has 0 atom stereocenters. The van der Waals surface area contributed by atoms with Crippen LogP contribution in [-0.4, -0.2) is 36.3 Å². The summed E-state index contributed by atoms with van der Waals surface area (Å²) in [5, 5.41) is 8.51. The van der Waals surface area contributed by atoms with E-state index in [2.05, 4.69) is 21.0 Å². The molecule has 0 aliphatic heterocycles. The van der Waals surface area contributed by atoms with Gasteiger partial charge in [-0.15, -0.1) is 4.33 Å². The van der Waals surface area contributed by atoms with Crippen molar-refractivity contribution in [1.82, 2.24) is 0 Å². The summed E-state index contributed by atoms with van der Waals surface area (Å²) in [4.78, 5) is 11.3. The van der Waals surface area contributed by atoms with Crippen LogP contribution in [0.1, 0.15) is 19.8 Å². The Kier molecular flexibility index (Phi) is 8.71. The zero-order chi connectivity index (χ0) is 20.4. The van der Waals surface area contributed by atoms with Gasteiger partial charge in [0.05, 0.1) is 6.61 Å². The van der Waals surface area contributed by atoms with Crippen LogP contribution in [0.4, 0.5) is 8.78 Å². The first kappa shape index (κ1) is 22.2. The van der Waals surface area contributed by atoms with Crippen molar-refractivity contribution in [3.05, 3.63) is 36.4 Å². The molecule has 7 nitrogen and oxygen atoms in total. The third-order valence-electron chi connectivity index (χ3n) is 3.58. The van der Waals surface area contributed by atoms with Crippen molar-refractivity contribution in [2.24, 2.45) is 0 Å². The van der Waals surface area contributed by atoms with E-state index in [1.54, 1.807) is 12.1 Å². The number of ether oxygens (including phenoxy) is 3. The molecular weight excluding hydrogens is 398 g/mol. The number of esters is 1. The van der Waals surface area contributed by atoms with Crippen molar-refractivity contribution < 1.29 is 42.4 Å². The minimum atomic E-state index is -4.03. The molecule has 2 aromatic rings. The van der Waals surface area contributed by atoms with Crippen molar-refractivity contribution in [2.45, 2.75) is 25.0 Å². The third kappa shape index (κ3) is 6.20. The Morgan fingerprint density at radius 2 is 1.64 bits per heavy atom. The van der Waals surface area contributed by atoms with Crippen LogP contribution < -0.4 is 9.47 Å². The molecule has 2 aromatic carbocycles. The minimum absolute atomic E-state index is 0.135. The van der Waals surface area contributed by atoms with E-state index in [0.717, 1.165) is 29.4 Å². The SMILES string of the molecule is CCCCOc1cccc2c(OCCOC(=O)C(F)(F)SOOO)cccc12. The average molecular weight is 418 g/mol. The summed E-state index contributed by atoms with van der Waals surface area (Å²) in [6.07, 6.45) is 1.96. The summed E-state index contributed by atoms with van der Waals surface area (Å²) in [5.74, 6) is -0.610. The van der Waals surface area contributed by atoms with Crippen molar-refractivity contribution >= 4 is 28.8 Å². The first-order valence-corrected chi connectivity index (χ1v) is 9.22. The number of hydrogen-bond donors (Lipinski definition) is 1. The fraction of sp³-hybridized carbons (Fsp3) is 0.389. The van der Waals surface area contributed by atoms with Crippen molar-refractivity contribution in [1.29, 1.82) is 0 Å². The molecule has 10 heteroatoms. The zero-order valence-electron chi connectivity index (χ0n) is 15.1. The lowest BCUT2D eigenvalue weighted by Gasteiger charge is -2.14. The molecule has 0 amide bonds. The first-order chi connectivity index (χ1) is 13.5. The fourth-order valence-electron chi connectivity index (χ4n) is 2.29. The van der Waals surface area contributed by atoms with Gasteiger partial charge in [-0.05, 0) is 18.6 Å². The molecule has 0 radical (unpaired) electrons. The lowest BCUT2D eigenvalue weighted by Crippen LogP contribution is -2.28.